The summed E-state index contributed by atoms with van der Waals surface area (Å²) in [6.45, 7) is 1.38. The third kappa shape index (κ3) is 14.0. The lowest BCUT2D eigenvalue weighted by molar-refractivity contribution is -0.141. The van der Waals surface area contributed by atoms with Crippen LogP contribution in [0.5, 0.6) is 11.5 Å². The van der Waals surface area contributed by atoms with E-state index in [0.717, 1.165) is 0 Å². The molecule has 0 saturated carbocycles. The van der Waals surface area contributed by atoms with Gasteiger partial charge in [0, 0.05) is 19.3 Å². The molecule has 0 spiro atoms. The van der Waals surface area contributed by atoms with Gasteiger partial charge in [0.25, 0.3) is 11.8 Å². The first-order valence-electron chi connectivity index (χ1n) is 14.1. The van der Waals surface area contributed by atoms with Crippen molar-refractivity contribution in [2.75, 3.05) is 35.0 Å². The van der Waals surface area contributed by atoms with Crippen molar-refractivity contribution in [1.82, 2.24) is 10.6 Å². The van der Waals surface area contributed by atoms with Gasteiger partial charge >= 0.3 is 11.9 Å². The molecule has 0 heterocycles. The highest BCUT2D eigenvalue weighted by molar-refractivity contribution is 6.00. The van der Waals surface area contributed by atoms with Crippen molar-refractivity contribution in [3.05, 3.63) is 59.7 Å². The summed E-state index contributed by atoms with van der Waals surface area (Å²) in [4.78, 5) is 69.6. The second kappa shape index (κ2) is 21.0. The Balaban J connectivity index is 0.000000440. The Morgan fingerprint density at radius 2 is 1.14 bits per heavy atom. The van der Waals surface area contributed by atoms with Crippen LogP contribution in [-0.2, 0) is 28.7 Å². The minimum absolute atomic E-state index is 0.0326. The molecule has 1 atom stereocenters. The average molecular weight is 615 g/mol. The van der Waals surface area contributed by atoms with Crippen molar-refractivity contribution in [3.8, 4) is 11.5 Å². The number of carbonyl (C=O) groups is 6. The second-order valence-corrected chi connectivity index (χ2v) is 9.51. The Bertz CT molecular complexity index is 1260. The molecule has 0 aliphatic rings. The summed E-state index contributed by atoms with van der Waals surface area (Å²) in [7, 11) is 5.61. The van der Waals surface area contributed by atoms with Crippen LogP contribution in [0, 0.1) is 0 Å². The molecule has 0 aromatic heterocycles. The van der Waals surface area contributed by atoms with Gasteiger partial charge in [0.2, 0.25) is 0 Å². The molecule has 1 unspecified atom stereocenters. The first-order chi connectivity index (χ1) is 21.1. The van der Waals surface area contributed by atoms with Crippen molar-refractivity contribution in [2.24, 2.45) is 0 Å². The van der Waals surface area contributed by atoms with E-state index in [9.17, 15) is 28.8 Å². The van der Waals surface area contributed by atoms with E-state index < -0.39 is 6.04 Å². The lowest BCUT2D eigenvalue weighted by Gasteiger charge is -2.16. The van der Waals surface area contributed by atoms with Gasteiger partial charge in [0.05, 0.1) is 52.2 Å². The van der Waals surface area contributed by atoms with E-state index in [0.29, 0.717) is 61.2 Å². The standard InChI is InChI=1S/2C16H21NO5/c1-11(18)13(8-6-10-15(19)22-3)17-16(20)12-7-4-5-9-14(12)21-2;1-21-14-9-5-4-8-13(14)16(20)17-11-12(18)7-3-6-10-15(19)22-2/h4-5,7,9,13H,6,8,10H2,1-3H3,(H,17,20);4-5,8-9H,3,6-7,10-11H2,1-2H3,(H,17,20). The highest BCUT2D eigenvalue weighted by Gasteiger charge is 2.20. The molecule has 2 aromatic rings. The molecular formula is C32H42N2O10. The molecule has 12 nitrogen and oxygen atoms in total. The molecule has 2 N–H and O–H groups in total. The van der Waals surface area contributed by atoms with Gasteiger partial charge in [-0.2, -0.15) is 0 Å². The first-order valence-corrected chi connectivity index (χ1v) is 14.1. The molecule has 2 amide bonds. The second-order valence-electron chi connectivity index (χ2n) is 9.51. The van der Waals surface area contributed by atoms with Crippen LogP contribution in [0.4, 0.5) is 0 Å². The number of methoxy groups -OCH3 is 4. The number of ketones is 2. The van der Waals surface area contributed by atoms with Gasteiger partial charge < -0.3 is 29.6 Å². The van der Waals surface area contributed by atoms with Crippen molar-refractivity contribution in [2.45, 2.75) is 57.9 Å². The first kappa shape index (κ1) is 37.3. The predicted octanol–water partition coefficient (Wildman–Crippen LogP) is 3.45. The Kier molecular flexibility index (Phi) is 17.8. The number of hydrogen-bond donors (Lipinski definition) is 2. The van der Waals surface area contributed by atoms with E-state index in [-0.39, 0.29) is 48.3 Å². The number of benzene rings is 2. The lowest BCUT2D eigenvalue weighted by Crippen LogP contribution is -2.39. The summed E-state index contributed by atoms with van der Waals surface area (Å²) in [6, 6.07) is 13.0. The van der Waals surface area contributed by atoms with Crippen molar-refractivity contribution in [3.63, 3.8) is 0 Å². The van der Waals surface area contributed by atoms with E-state index >= 15 is 0 Å². The largest absolute Gasteiger partial charge is 0.496 e. The Hall–Kier alpha value is -4.74. The smallest absolute Gasteiger partial charge is 0.305 e. The molecule has 0 fully saturated rings. The minimum Gasteiger partial charge on any atom is -0.496 e. The zero-order valence-electron chi connectivity index (χ0n) is 25.9. The van der Waals surface area contributed by atoms with Crippen LogP contribution in [0.15, 0.2) is 48.5 Å². The minimum atomic E-state index is -0.637. The topological polar surface area (TPSA) is 163 Å². The SMILES string of the molecule is COC(=O)CCCC(NC(=O)c1ccccc1OC)C(C)=O.COC(=O)CCCCC(=O)CNC(=O)c1ccccc1OC. The van der Waals surface area contributed by atoms with Gasteiger partial charge in [0.15, 0.2) is 11.6 Å². The average Bonchev–Trinajstić information content (AvgIpc) is 3.04. The number of nitrogens with one attached hydrogen (secondary N) is 2. The van der Waals surface area contributed by atoms with E-state index in [1.807, 2.05) is 0 Å². The van der Waals surface area contributed by atoms with Crippen LogP contribution >= 0.6 is 0 Å². The molecule has 0 bridgehead atoms. The van der Waals surface area contributed by atoms with Gasteiger partial charge in [-0.15, -0.1) is 0 Å². The predicted molar refractivity (Wildman–Crippen MR) is 162 cm³/mol. The highest BCUT2D eigenvalue weighted by atomic mass is 16.5. The number of ether oxygens (including phenoxy) is 4. The fourth-order valence-corrected chi connectivity index (χ4v) is 3.89. The maximum atomic E-state index is 12.3. The maximum absolute atomic E-state index is 12.3. The van der Waals surface area contributed by atoms with Crippen LogP contribution in [0.1, 0.15) is 72.6 Å². The molecule has 44 heavy (non-hydrogen) atoms. The Labute approximate surface area is 257 Å². The number of rotatable bonds is 17. The van der Waals surface area contributed by atoms with E-state index in [4.69, 9.17) is 9.47 Å². The van der Waals surface area contributed by atoms with Gasteiger partial charge in [-0.1, -0.05) is 24.3 Å². The molecule has 0 aliphatic heterocycles. The fourth-order valence-electron chi connectivity index (χ4n) is 3.89. The number of para-hydroxylation sites is 2. The van der Waals surface area contributed by atoms with Crippen LogP contribution < -0.4 is 20.1 Å². The van der Waals surface area contributed by atoms with Crippen LogP contribution in [-0.4, -0.2) is 76.3 Å². The maximum Gasteiger partial charge on any atom is 0.305 e. The molecule has 0 aliphatic carbocycles. The van der Waals surface area contributed by atoms with Crippen molar-refractivity contribution >= 4 is 35.3 Å². The highest BCUT2D eigenvalue weighted by Crippen LogP contribution is 2.18. The van der Waals surface area contributed by atoms with E-state index in [1.165, 1.54) is 35.4 Å². The number of amides is 2. The zero-order valence-corrected chi connectivity index (χ0v) is 25.9. The van der Waals surface area contributed by atoms with Gasteiger partial charge in [-0.3, -0.25) is 28.8 Å². The summed E-state index contributed by atoms with van der Waals surface area (Å²) in [5.41, 5.74) is 0.757. The summed E-state index contributed by atoms with van der Waals surface area (Å²) >= 11 is 0. The zero-order chi connectivity index (χ0) is 32.9. The monoisotopic (exact) mass is 614 g/mol. The number of hydrogen-bond acceptors (Lipinski definition) is 10. The molecule has 12 heteroatoms. The molecule has 2 rings (SSSR count). The number of unbranched alkanes of at least 4 members (excludes halogenated alkanes) is 1. The molecule has 0 radical (unpaired) electrons. The van der Waals surface area contributed by atoms with E-state index in [2.05, 4.69) is 20.1 Å². The van der Waals surface area contributed by atoms with Crippen molar-refractivity contribution in [1.29, 1.82) is 0 Å². The fraction of sp³-hybridized carbons (Fsp3) is 0.438. The summed E-state index contributed by atoms with van der Waals surface area (Å²) in [5.74, 6) is -0.671. The molecule has 240 valence electrons. The molecule has 0 saturated heterocycles. The third-order valence-electron chi connectivity index (χ3n) is 6.36. The number of carbonyl (C=O) groups excluding carboxylic acids is 6. The van der Waals surface area contributed by atoms with Crippen LogP contribution in [0.3, 0.4) is 0 Å². The Morgan fingerprint density at radius 1 is 0.659 bits per heavy atom. The van der Waals surface area contributed by atoms with Crippen molar-refractivity contribution < 1.29 is 47.7 Å². The quantitative estimate of drug-likeness (QED) is 0.199. The van der Waals surface area contributed by atoms with Crippen LogP contribution in [0.25, 0.3) is 0 Å². The number of esters is 2. The summed E-state index contributed by atoms with van der Waals surface area (Å²) < 4.78 is 19.3. The van der Waals surface area contributed by atoms with Crippen LogP contribution in [0.2, 0.25) is 0 Å². The molecular weight excluding hydrogens is 572 g/mol. The summed E-state index contributed by atoms with van der Waals surface area (Å²) in [5, 5.41) is 5.25. The van der Waals surface area contributed by atoms with Gasteiger partial charge in [-0.05, 0) is 56.9 Å². The molecule has 2 aromatic carbocycles. The lowest BCUT2D eigenvalue weighted by atomic mass is 10.1. The third-order valence-corrected chi connectivity index (χ3v) is 6.36. The van der Waals surface area contributed by atoms with Gasteiger partial charge in [-0.25, -0.2) is 0 Å². The summed E-state index contributed by atoms with van der Waals surface area (Å²) in [6.07, 6.45) is 2.87. The number of Topliss-reactive ketones (excluding diaryl/α,β-unsaturated/α-hetero) is 2. The normalized spacial score (nSPS) is 10.7. The Morgan fingerprint density at radius 3 is 1.64 bits per heavy atom. The van der Waals surface area contributed by atoms with E-state index in [1.54, 1.807) is 48.5 Å². The van der Waals surface area contributed by atoms with Gasteiger partial charge in [0.1, 0.15) is 11.5 Å².